The van der Waals surface area contributed by atoms with Crippen molar-refractivity contribution in [1.29, 1.82) is 0 Å². The number of amides is 1. The van der Waals surface area contributed by atoms with Gasteiger partial charge in [-0.25, -0.2) is 0 Å². The molecule has 0 saturated carbocycles. The van der Waals surface area contributed by atoms with Gasteiger partial charge in [-0.05, 0) is 12.1 Å². The van der Waals surface area contributed by atoms with E-state index < -0.39 is 10.8 Å². The van der Waals surface area contributed by atoms with Crippen molar-refractivity contribution < 1.29 is 14.8 Å². The van der Waals surface area contributed by atoms with Crippen LogP contribution in [-0.2, 0) is 0 Å². The van der Waals surface area contributed by atoms with Crippen molar-refractivity contribution in [3.63, 3.8) is 0 Å². The number of hydrogen-bond acceptors (Lipinski definition) is 5. The number of rotatable bonds is 5. The third kappa shape index (κ3) is 3.40. The molecule has 1 amide bonds. The minimum atomic E-state index is -0.551. The number of hydrazine groups is 1. The molecule has 0 heterocycles. The molecule has 0 aliphatic carbocycles. The van der Waals surface area contributed by atoms with Crippen LogP contribution in [-0.4, -0.2) is 15.9 Å². The highest BCUT2D eigenvalue weighted by molar-refractivity contribution is 5.96. The van der Waals surface area contributed by atoms with Crippen LogP contribution >= 0.6 is 0 Å². The number of carbonyl (C=O) groups excluding carboxylic acids is 1. The predicted molar refractivity (Wildman–Crippen MR) is 80.8 cm³/mol. The van der Waals surface area contributed by atoms with Crippen molar-refractivity contribution in [3.8, 4) is 5.75 Å². The molecule has 22 heavy (non-hydrogen) atoms. The smallest absolute Gasteiger partial charge is 0.273 e. The molecular formula is C15H13N3O4. The van der Waals surface area contributed by atoms with Crippen LogP contribution in [0, 0.1) is 10.1 Å². The monoisotopic (exact) mass is 299 g/mol. The second-order valence-corrected chi connectivity index (χ2v) is 4.38. The highest BCUT2D eigenvalue weighted by Gasteiger charge is 2.11. The molecular weight excluding hydrogens is 286 g/mol. The average Bonchev–Trinajstić information content (AvgIpc) is 2.52. The van der Waals surface area contributed by atoms with Crippen molar-refractivity contribution in [3.05, 3.63) is 76.4 Å². The molecule has 0 aliphatic heterocycles. The molecule has 112 valence electrons. The Hall–Kier alpha value is -3.35. The minimum Gasteiger partial charge on any atom is -0.507 e. The molecule has 0 saturated heterocycles. The van der Waals surface area contributed by atoms with Crippen LogP contribution in [0.25, 0.3) is 5.70 Å². The zero-order valence-corrected chi connectivity index (χ0v) is 11.4. The van der Waals surface area contributed by atoms with E-state index in [2.05, 4.69) is 17.4 Å². The van der Waals surface area contributed by atoms with E-state index in [9.17, 15) is 20.0 Å². The molecule has 0 aromatic heterocycles. The van der Waals surface area contributed by atoms with Crippen LogP contribution < -0.4 is 10.9 Å². The normalized spacial score (nSPS) is 9.82. The second-order valence-electron chi connectivity index (χ2n) is 4.38. The lowest BCUT2D eigenvalue weighted by atomic mass is 10.1. The molecule has 0 radical (unpaired) electrons. The molecule has 0 spiro atoms. The lowest BCUT2D eigenvalue weighted by Crippen LogP contribution is -2.35. The fourth-order valence-corrected chi connectivity index (χ4v) is 1.74. The Balaban J connectivity index is 2.04. The van der Waals surface area contributed by atoms with Gasteiger partial charge in [0.05, 0.1) is 16.2 Å². The number of nitro groups is 1. The maximum Gasteiger partial charge on any atom is 0.273 e. The molecule has 2 aromatic carbocycles. The van der Waals surface area contributed by atoms with E-state index in [1.54, 1.807) is 18.2 Å². The van der Waals surface area contributed by atoms with Crippen LogP contribution in [0.1, 0.15) is 15.9 Å². The van der Waals surface area contributed by atoms with Crippen molar-refractivity contribution in [2.24, 2.45) is 0 Å². The SMILES string of the molecule is C=C(NNC(=O)c1ccccc1O)c1cccc([N+](=O)[O-])c1. The van der Waals surface area contributed by atoms with Crippen molar-refractivity contribution in [2.75, 3.05) is 0 Å². The lowest BCUT2D eigenvalue weighted by Gasteiger charge is -2.11. The van der Waals surface area contributed by atoms with E-state index in [0.717, 1.165) is 0 Å². The summed E-state index contributed by atoms with van der Waals surface area (Å²) in [6, 6.07) is 11.9. The van der Waals surface area contributed by atoms with Gasteiger partial charge in [0.2, 0.25) is 0 Å². The first-order valence-electron chi connectivity index (χ1n) is 6.27. The summed E-state index contributed by atoms with van der Waals surface area (Å²) >= 11 is 0. The highest BCUT2D eigenvalue weighted by atomic mass is 16.6. The summed E-state index contributed by atoms with van der Waals surface area (Å²) in [5.41, 5.74) is 5.70. The van der Waals surface area contributed by atoms with Gasteiger partial charge in [-0.3, -0.25) is 25.8 Å². The number of nitro benzene ring substituents is 1. The topological polar surface area (TPSA) is 104 Å². The van der Waals surface area contributed by atoms with E-state index in [-0.39, 0.29) is 22.7 Å². The summed E-state index contributed by atoms with van der Waals surface area (Å²) in [4.78, 5) is 22.1. The van der Waals surface area contributed by atoms with Gasteiger partial charge in [0.15, 0.2) is 0 Å². The van der Waals surface area contributed by atoms with Crippen LogP contribution in [0.5, 0.6) is 5.75 Å². The van der Waals surface area contributed by atoms with Crippen LogP contribution in [0.3, 0.4) is 0 Å². The molecule has 0 atom stereocenters. The maximum atomic E-state index is 11.9. The first-order valence-corrected chi connectivity index (χ1v) is 6.27. The second kappa shape index (κ2) is 6.40. The molecule has 2 aromatic rings. The third-order valence-corrected chi connectivity index (χ3v) is 2.88. The number of non-ortho nitro benzene ring substituents is 1. The summed E-state index contributed by atoms with van der Waals surface area (Å²) < 4.78 is 0. The fraction of sp³-hybridized carbons (Fsp3) is 0. The van der Waals surface area contributed by atoms with E-state index in [1.165, 1.54) is 30.3 Å². The zero-order valence-electron chi connectivity index (χ0n) is 11.4. The number of nitrogens with zero attached hydrogens (tertiary/aromatic N) is 1. The quantitative estimate of drug-likeness (QED) is 0.580. The van der Waals surface area contributed by atoms with Gasteiger partial charge in [-0.15, -0.1) is 0 Å². The van der Waals surface area contributed by atoms with Crippen LogP contribution in [0.2, 0.25) is 0 Å². The molecule has 7 heteroatoms. The van der Waals surface area contributed by atoms with Crippen LogP contribution in [0.4, 0.5) is 5.69 Å². The predicted octanol–water partition coefficient (Wildman–Crippen LogP) is 2.21. The Morgan fingerprint density at radius 3 is 2.55 bits per heavy atom. The molecule has 3 N–H and O–H groups in total. The number of benzene rings is 2. The molecule has 2 rings (SSSR count). The zero-order chi connectivity index (χ0) is 16.1. The maximum absolute atomic E-state index is 11.9. The summed E-state index contributed by atoms with van der Waals surface area (Å²) in [6.07, 6.45) is 0. The van der Waals surface area contributed by atoms with Gasteiger partial charge in [-0.1, -0.05) is 30.8 Å². The number of phenols is 1. The first kappa shape index (κ1) is 15.0. The Morgan fingerprint density at radius 2 is 1.86 bits per heavy atom. The first-order chi connectivity index (χ1) is 10.5. The Bertz CT molecular complexity index is 743. The summed E-state index contributed by atoms with van der Waals surface area (Å²) in [7, 11) is 0. The molecule has 0 bridgehead atoms. The number of para-hydroxylation sites is 1. The van der Waals surface area contributed by atoms with Gasteiger partial charge in [0.1, 0.15) is 5.75 Å². The van der Waals surface area contributed by atoms with Gasteiger partial charge >= 0.3 is 0 Å². The molecule has 7 nitrogen and oxygen atoms in total. The largest absolute Gasteiger partial charge is 0.507 e. The highest BCUT2D eigenvalue weighted by Crippen LogP contribution is 2.18. The molecule has 0 fully saturated rings. The van der Waals surface area contributed by atoms with Gasteiger partial charge in [0, 0.05) is 17.7 Å². The number of nitrogens with one attached hydrogen (secondary N) is 2. The van der Waals surface area contributed by atoms with E-state index in [4.69, 9.17) is 0 Å². The molecule has 0 unspecified atom stereocenters. The lowest BCUT2D eigenvalue weighted by molar-refractivity contribution is -0.384. The van der Waals surface area contributed by atoms with Crippen molar-refractivity contribution >= 4 is 17.3 Å². The standard InChI is InChI=1S/C15H13N3O4/c1-10(11-5-4-6-12(9-11)18(21)22)16-17-15(20)13-7-2-3-8-14(13)19/h2-9,16,19H,1H2,(H,17,20). The van der Waals surface area contributed by atoms with Crippen molar-refractivity contribution in [2.45, 2.75) is 0 Å². The summed E-state index contributed by atoms with van der Waals surface area (Å²) in [5.74, 6) is -0.701. The van der Waals surface area contributed by atoms with Crippen LogP contribution in [0.15, 0.2) is 55.1 Å². The van der Waals surface area contributed by atoms with Gasteiger partial charge in [0.25, 0.3) is 11.6 Å². The van der Waals surface area contributed by atoms with E-state index in [0.29, 0.717) is 5.56 Å². The van der Waals surface area contributed by atoms with Crippen molar-refractivity contribution in [1.82, 2.24) is 10.9 Å². The number of hydrogen-bond donors (Lipinski definition) is 3. The Kier molecular flexibility index (Phi) is 4.38. The van der Waals surface area contributed by atoms with E-state index in [1.807, 2.05) is 0 Å². The fourth-order valence-electron chi connectivity index (χ4n) is 1.74. The Morgan fingerprint density at radius 1 is 1.14 bits per heavy atom. The molecule has 0 aliphatic rings. The number of aromatic hydroxyl groups is 1. The minimum absolute atomic E-state index is 0.0764. The number of phenolic OH excluding ortho intramolecular Hbond substituents is 1. The average molecular weight is 299 g/mol. The third-order valence-electron chi connectivity index (χ3n) is 2.88. The van der Waals surface area contributed by atoms with E-state index >= 15 is 0 Å². The van der Waals surface area contributed by atoms with Gasteiger partial charge in [-0.2, -0.15) is 0 Å². The van der Waals surface area contributed by atoms with Gasteiger partial charge < -0.3 is 5.11 Å². The Labute approximate surface area is 126 Å². The summed E-state index contributed by atoms with van der Waals surface area (Å²) in [5, 5.41) is 20.3. The number of carbonyl (C=O) groups is 1. The summed E-state index contributed by atoms with van der Waals surface area (Å²) in [6.45, 7) is 3.70.